The van der Waals surface area contributed by atoms with E-state index in [1.54, 1.807) is 4.90 Å². The number of hydrogen-bond donors (Lipinski definition) is 1. The highest BCUT2D eigenvalue weighted by molar-refractivity contribution is 5.82. The van der Waals surface area contributed by atoms with Gasteiger partial charge >= 0.3 is 6.09 Å². The molecule has 0 radical (unpaired) electrons. The molecule has 4 rings (SSSR count). The summed E-state index contributed by atoms with van der Waals surface area (Å²) in [5.74, 6) is 1.58. The number of benzene rings is 1. The van der Waals surface area contributed by atoms with Crippen LogP contribution in [0, 0.1) is 0 Å². The Morgan fingerprint density at radius 3 is 2.41 bits per heavy atom. The van der Waals surface area contributed by atoms with Gasteiger partial charge in [0.1, 0.15) is 19.0 Å². The first kappa shape index (κ1) is 21.9. The van der Waals surface area contributed by atoms with E-state index in [1.165, 1.54) is 19.3 Å². The summed E-state index contributed by atoms with van der Waals surface area (Å²) in [6.07, 6.45) is 4.86. The Kier molecular flexibility index (Phi) is 7.37. The summed E-state index contributed by atoms with van der Waals surface area (Å²) in [5, 5.41) is 2.54. The first-order valence-electron chi connectivity index (χ1n) is 11.2. The van der Waals surface area contributed by atoms with Crippen LogP contribution in [0.1, 0.15) is 24.8 Å². The summed E-state index contributed by atoms with van der Waals surface area (Å²) in [7, 11) is 0. The average molecular weight is 439 g/mol. The molecule has 0 atom stereocenters. The Morgan fingerprint density at radius 2 is 1.66 bits per heavy atom. The number of aromatic nitrogens is 2. The van der Waals surface area contributed by atoms with Crippen molar-refractivity contribution in [3.05, 3.63) is 48.2 Å². The van der Waals surface area contributed by atoms with Gasteiger partial charge in [-0.3, -0.25) is 4.79 Å². The van der Waals surface area contributed by atoms with Gasteiger partial charge in [0.15, 0.2) is 0 Å². The molecule has 2 aliphatic rings. The van der Waals surface area contributed by atoms with Gasteiger partial charge in [-0.2, -0.15) is 4.98 Å². The monoisotopic (exact) mass is 438 g/mol. The molecular weight excluding hydrogens is 408 g/mol. The summed E-state index contributed by atoms with van der Waals surface area (Å²) >= 11 is 0. The molecule has 0 unspecified atom stereocenters. The zero-order valence-corrected chi connectivity index (χ0v) is 18.3. The molecule has 3 heterocycles. The molecule has 2 fully saturated rings. The van der Waals surface area contributed by atoms with Crippen LogP contribution < -0.4 is 15.1 Å². The van der Waals surface area contributed by atoms with Gasteiger partial charge in [0.05, 0.1) is 0 Å². The third-order valence-electron chi connectivity index (χ3n) is 5.82. The van der Waals surface area contributed by atoms with Gasteiger partial charge in [-0.05, 0) is 30.9 Å². The molecule has 9 nitrogen and oxygen atoms in total. The number of amides is 2. The largest absolute Gasteiger partial charge is 0.445 e. The molecule has 2 amide bonds. The van der Waals surface area contributed by atoms with Crippen molar-refractivity contribution in [2.45, 2.75) is 25.9 Å². The number of piperidine rings is 1. The quantitative estimate of drug-likeness (QED) is 0.738. The van der Waals surface area contributed by atoms with Crippen LogP contribution in [0.15, 0.2) is 42.6 Å². The highest BCUT2D eigenvalue weighted by Crippen LogP contribution is 2.19. The maximum Gasteiger partial charge on any atom is 0.407 e. The van der Waals surface area contributed by atoms with E-state index in [9.17, 15) is 9.59 Å². The van der Waals surface area contributed by atoms with E-state index in [1.807, 2.05) is 42.6 Å². The summed E-state index contributed by atoms with van der Waals surface area (Å²) in [6.45, 7) is 4.68. The summed E-state index contributed by atoms with van der Waals surface area (Å²) in [6, 6.07) is 11.4. The number of alkyl carbamates (subject to hydrolysis) is 1. The standard InChI is InChI=1S/C23H30N6O3/c30-21(17-25-23(31)32-18-19-7-3-1-4-8-19)28-15-13-27(14-16-28)20-9-10-24-22(26-20)29-11-5-2-6-12-29/h1,3-4,7-10H,2,5-6,11-18H2,(H,25,31). The number of carbonyl (C=O) groups excluding carboxylic acids is 2. The molecule has 1 aromatic carbocycles. The Balaban J connectivity index is 1.20. The van der Waals surface area contributed by atoms with Crippen LogP contribution in [0.3, 0.4) is 0 Å². The molecule has 2 aliphatic heterocycles. The van der Waals surface area contributed by atoms with E-state index >= 15 is 0 Å². The zero-order chi connectivity index (χ0) is 22.2. The second-order valence-electron chi connectivity index (χ2n) is 8.05. The number of nitrogens with zero attached hydrogens (tertiary/aromatic N) is 5. The van der Waals surface area contributed by atoms with Crippen LogP contribution in [0.4, 0.5) is 16.6 Å². The minimum atomic E-state index is -0.591. The van der Waals surface area contributed by atoms with Crippen molar-refractivity contribution in [1.82, 2.24) is 20.2 Å². The van der Waals surface area contributed by atoms with Gasteiger partial charge in [0.2, 0.25) is 11.9 Å². The first-order chi connectivity index (χ1) is 15.7. The number of nitrogens with one attached hydrogen (secondary N) is 1. The van der Waals surface area contributed by atoms with Crippen molar-refractivity contribution in [3.8, 4) is 0 Å². The maximum atomic E-state index is 12.5. The van der Waals surface area contributed by atoms with Crippen LogP contribution >= 0.6 is 0 Å². The smallest absolute Gasteiger partial charge is 0.407 e. The fraction of sp³-hybridized carbons (Fsp3) is 0.478. The van der Waals surface area contributed by atoms with Crippen molar-refractivity contribution < 1.29 is 14.3 Å². The third kappa shape index (κ3) is 5.87. The van der Waals surface area contributed by atoms with Gasteiger partial charge in [-0.1, -0.05) is 30.3 Å². The van der Waals surface area contributed by atoms with Gasteiger partial charge in [0.25, 0.3) is 0 Å². The van der Waals surface area contributed by atoms with E-state index in [2.05, 4.69) is 20.1 Å². The molecule has 0 bridgehead atoms. The van der Waals surface area contributed by atoms with Crippen molar-refractivity contribution in [3.63, 3.8) is 0 Å². The number of hydrogen-bond acceptors (Lipinski definition) is 7. The fourth-order valence-corrected chi connectivity index (χ4v) is 3.98. The normalized spacial score (nSPS) is 16.6. The molecule has 2 aromatic rings. The minimum Gasteiger partial charge on any atom is -0.445 e. The molecule has 32 heavy (non-hydrogen) atoms. The molecule has 170 valence electrons. The van der Waals surface area contributed by atoms with Crippen LogP contribution in [0.5, 0.6) is 0 Å². The predicted octanol–water partition coefficient (Wildman–Crippen LogP) is 2.04. The number of ether oxygens (including phenoxy) is 1. The summed E-state index contributed by atoms with van der Waals surface area (Å²) in [4.78, 5) is 39.8. The number of piperazine rings is 1. The molecular formula is C23H30N6O3. The lowest BCUT2D eigenvalue weighted by molar-refractivity contribution is -0.130. The predicted molar refractivity (Wildman–Crippen MR) is 122 cm³/mol. The second-order valence-corrected chi connectivity index (χ2v) is 8.05. The number of rotatable bonds is 6. The fourth-order valence-electron chi connectivity index (χ4n) is 3.98. The Bertz CT molecular complexity index is 896. The van der Waals surface area contributed by atoms with E-state index in [4.69, 9.17) is 9.72 Å². The number of anilines is 2. The molecule has 0 aliphatic carbocycles. The Morgan fingerprint density at radius 1 is 0.906 bits per heavy atom. The number of carbonyl (C=O) groups is 2. The van der Waals surface area contributed by atoms with Crippen molar-refractivity contribution >= 4 is 23.8 Å². The average Bonchev–Trinajstić information content (AvgIpc) is 2.87. The molecule has 2 saturated heterocycles. The Labute approximate surface area is 188 Å². The van der Waals surface area contributed by atoms with Crippen molar-refractivity contribution in [2.75, 3.05) is 55.6 Å². The lowest BCUT2D eigenvalue weighted by atomic mass is 10.1. The molecule has 1 aromatic heterocycles. The summed E-state index contributed by atoms with van der Waals surface area (Å²) < 4.78 is 5.15. The zero-order valence-electron chi connectivity index (χ0n) is 18.3. The van der Waals surface area contributed by atoms with Crippen molar-refractivity contribution in [1.29, 1.82) is 0 Å². The van der Waals surface area contributed by atoms with Crippen LogP contribution in [0.2, 0.25) is 0 Å². The minimum absolute atomic E-state index is 0.0692. The van der Waals surface area contributed by atoms with E-state index in [0.717, 1.165) is 30.4 Å². The SMILES string of the molecule is O=C(NCC(=O)N1CCN(c2ccnc(N3CCCCC3)n2)CC1)OCc1ccccc1. The van der Waals surface area contributed by atoms with E-state index in [0.29, 0.717) is 26.2 Å². The first-order valence-corrected chi connectivity index (χ1v) is 11.2. The van der Waals surface area contributed by atoms with Crippen LogP contribution in [-0.4, -0.2) is 72.7 Å². The van der Waals surface area contributed by atoms with Gasteiger partial charge in [-0.15, -0.1) is 0 Å². The Hall–Kier alpha value is -3.36. The third-order valence-corrected chi connectivity index (χ3v) is 5.82. The highest BCUT2D eigenvalue weighted by atomic mass is 16.5. The maximum absolute atomic E-state index is 12.5. The second kappa shape index (κ2) is 10.8. The highest BCUT2D eigenvalue weighted by Gasteiger charge is 2.23. The van der Waals surface area contributed by atoms with E-state index < -0.39 is 6.09 Å². The van der Waals surface area contributed by atoms with Crippen molar-refractivity contribution in [2.24, 2.45) is 0 Å². The van der Waals surface area contributed by atoms with Crippen LogP contribution in [-0.2, 0) is 16.1 Å². The van der Waals surface area contributed by atoms with Crippen LogP contribution in [0.25, 0.3) is 0 Å². The summed E-state index contributed by atoms with van der Waals surface area (Å²) in [5.41, 5.74) is 0.901. The lowest BCUT2D eigenvalue weighted by Gasteiger charge is -2.36. The van der Waals surface area contributed by atoms with E-state index in [-0.39, 0.29) is 19.1 Å². The molecule has 0 spiro atoms. The molecule has 9 heteroatoms. The molecule has 0 saturated carbocycles. The topological polar surface area (TPSA) is 90.9 Å². The lowest BCUT2D eigenvalue weighted by Crippen LogP contribution is -2.51. The molecule has 1 N–H and O–H groups in total. The van der Waals surface area contributed by atoms with Gasteiger partial charge < -0.3 is 24.8 Å². The van der Waals surface area contributed by atoms with Gasteiger partial charge in [-0.25, -0.2) is 9.78 Å². The van der Waals surface area contributed by atoms with Gasteiger partial charge in [0, 0.05) is 45.5 Å².